The molecule has 0 aromatic heterocycles. The molecule has 88 valence electrons. The zero-order chi connectivity index (χ0) is 11.9. The molecule has 1 aromatic rings. The van der Waals surface area contributed by atoms with E-state index in [1.807, 2.05) is 0 Å². The standard InChI is InChI=1S/C14H22OSi/c1-10(2)16(11(3)4)14-9-7-6-8-13(14)12(5)15-16/h6-12H,1-5H3. The molecule has 0 amide bonds. The molecule has 1 aliphatic heterocycles. The normalized spacial score (nSPS) is 22.8. The van der Waals surface area contributed by atoms with Gasteiger partial charge in [-0.2, -0.15) is 0 Å². The van der Waals surface area contributed by atoms with Crippen molar-refractivity contribution >= 4 is 13.5 Å². The van der Waals surface area contributed by atoms with E-state index in [1.54, 1.807) is 0 Å². The third-order valence-electron chi connectivity index (χ3n) is 3.91. The molecule has 0 saturated heterocycles. The molecule has 0 spiro atoms. The van der Waals surface area contributed by atoms with E-state index in [1.165, 1.54) is 10.8 Å². The Balaban J connectivity index is 2.60. The first-order valence-electron chi connectivity index (χ1n) is 6.27. The van der Waals surface area contributed by atoms with Gasteiger partial charge in [0.15, 0.2) is 0 Å². The Morgan fingerprint density at radius 2 is 1.62 bits per heavy atom. The fraction of sp³-hybridized carbons (Fsp3) is 0.571. The number of hydrogen-bond donors (Lipinski definition) is 0. The summed E-state index contributed by atoms with van der Waals surface area (Å²) in [7, 11) is -1.77. The van der Waals surface area contributed by atoms with Crippen LogP contribution in [0.15, 0.2) is 24.3 Å². The number of hydrogen-bond acceptors (Lipinski definition) is 1. The minimum absolute atomic E-state index is 0.285. The second-order valence-electron chi connectivity index (χ2n) is 5.45. The zero-order valence-corrected chi connectivity index (χ0v) is 11.9. The van der Waals surface area contributed by atoms with Crippen LogP contribution in [0.2, 0.25) is 11.1 Å². The van der Waals surface area contributed by atoms with Gasteiger partial charge in [0.2, 0.25) is 8.32 Å². The van der Waals surface area contributed by atoms with Gasteiger partial charge in [0.1, 0.15) is 0 Å². The molecule has 0 N–H and O–H groups in total. The molecular formula is C14H22OSi. The summed E-state index contributed by atoms with van der Waals surface area (Å²) in [5.41, 5.74) is 2.70. The molecule has 0 saturated carbocycles. The third kappa shape index (κ3) is 1.47. The maximum absolute atomic E-state index is 6.48. The van der Waals surface area contributed by atoms with Crippen LogP contribution in [-0.2, 0) is 4.43 Å². The summed E-state index contributed by atoms with van der Waals surface area (Å²) in [4.78, 5) is 0. The number of rotatable bonds is 2. The minimum atomic E-state index is -1.77. The summed E-state index contributed by atoms with van der Waals surface area (Å²) < 4.78 is 6.48. The molecule has 1 aliphatic rings. The quantitative estimate of drug-likeness (QED) is 0.708. The van der Waals surface area contributed by atoms with Crippen molar-refractivity contribution in [3.05, 3.63) is 29.8 Å². The maximum Gasteiger partial charge on any atom is 0.230 e. The van der Waals surface area contributed by atoms with Gasteiger partial charge in [0.05, 0.1) is 6.10 Å². The summed E-state index contributed by atoms with van der Waals surface area (Å²) in [6.07, 6.45) is 0.285. The monoisotopic (exact) mass is 234 g/mol. The first kappa shape index (κ1) is 11.9. The van der Waals surface area contributed by atoms with Crippen LogP contribution in [-0.4, -0.2) is 8.32 Å². The fourth-order valence-corrected chi connectivity index (χ4v) is 8.24. The first-order chi connectivity index (χ1) is 7.50. The van der Waals surface area contributed by atoms with Crippen molar-refractivity contribution in [2.75, 3.05) is 0 Å². The zero-order valence-electron chi connectivity index (χ0n) is 10.9. The van der Waals surface area contributed by atoms with Crippen molar-refractivity contribution in [1.29, 1.82) is 0 Å². The lowest BCUT2D eigenvalue weighted by molar-refractivity contribution is 0.223. The average Bonchev–Trinajstić information content (AvgIpc) is 2.54. The van der Waals surface area contributed by atoms with Gasteiger partial charge in [0, 0.05) is 0 Å². The van der Waals surface area contributed by atoms with Crippen molar-refractivity contribution < 1.29 is 4.43 Å². The van der Waals surface area contributed by atoms with Gasteiger partial charge in [-0.05, 0) is 28.8 Å². The lowest BCUT2D eigenvalue weighted by atomic mass is 10.1. The molecule has 1 heterocycles. The van der Waals surface area contributed by atoms with E-state index in [9.17, 15) is 0 Å². The molecule has 1 nitrogen and oxygen atoms in total. The second kappa shape index (κ2) is 4.01. The largest absolute Gasteiger partial charge is 0.405 e. The smallest absolute Gasteiger partial charge is 0.230 e. The molecule has 0 bridgehead atoms. The Morgan fingerprint density at radius 1 is 1.06 bits per heavy atom. The van der Waals surface area contributed by atoms with Crippen molar-refractivity contribution in [2.45, 2.75) is 51.8 Å². The molecule has 16 heavy (non-hydrogen) atoms. The van der Waals surface area contributed by atoms with Crippen LogP contribution in [0, 0.1) is 0 Å². The van der Waals surface area contributed by atoms with E-state index in [4.69, 9.17) is 4.43 Å². The van der Waals surface area contributed by atoms with E-state index in [0.717, 1.165) is 0 Å². The molecular weight excluding hydrogens is 212 g/mol. The lowest BCUT2D eigenvalue weighted by Gasteiger charge is -2.35. The van der Waals surface area contributed by atoms with Crippen molar-refractivity contribution in [3.8, 4) is 0 Å². The summed E-state index contributed by atoms with van der Waals surface area (Å²) in [5, 5.41) is 1.53. The van der Waals surface area contributed by atoms with E-state index < -0.39 is 8.32 Å². The average molecular weight is 234 g/mol. The summed E-state index contributed by atoms with van der Waals surface area (Å²) >= 11 is 0. The summed E-state index contributed by atoms with van der Waals surface area (Å²) in [6, 6.07) is 8.82. The minimum Gasteiger partial charge on any atom is -0.405 e. The Kier molecular flexibility index (Phi) is 2.97. The lowest BCUT2D eigenvalue weighted by Crippen LogP contribution is -2.52. The third-order valence-corrected chi connectivity index (χ3v) is 9.38. The second-order valence-corrected chi connectivity index (χ2v) is 10.1. The molecule has 1 unspecified atom stereocenters. The highest BCUT2D eigenvalue weighted by Gasteiger charge is 2.50. The van der Waals surface area contributed by atoms with Crippen molar-refractivity contribution in [1.82, 2.24) is 0 Å². The van der Waals surface area contributed by atoms with E-state index >= 15 is 0 Å². The predicted molar refractivity (Wildman–Crippen MR) is 71.5 cm³/mol. The number of benzene rings is 1. The summed E-state index contributed by atoms with van der Waals surface area (Å²) in [5.74, 6) is 0. The number of fused-ring (bicyclic) bond motifs is 1. The molecule has 1 aromatic carbocycles. The Bertz CT molecular complexity index is 376. The Hall–Kier alpha value is -0.603. The van der Waals surface area contributed by atoms with E-state index in [0.29, 0.717) is 11.1 Å². The highest BCUT2D eigenvalue weighted by Crippen LogP contribution is 2.42. The molecule has 1 atom stereocenters. The molecule has 2 rings (SSSR count). The predicted octanol–water partition coefficient (Wildman–Crippen LogP) is 3.75. The SMILES string of the molecule is CC1O[Si](C(C)C)(C(C)C)c2ccccc21. The van der Waals surface area contributed by atoms with Crippen LogP contribution in [0.5, 0.6) is 0 Å². The van der Waals surface area contributed by atoms with Gasteiger partial charge in [-0.1, -0.05) is 52.0 Å². The van der Waals surface area contributed by atoms with Crippen LogP contribution in [0.25, 0.3) is 0 Å². The first-order valence-corrected chi connectivity index (χ1v) is 8.33. The Morgan fingerprint density at radius 3 is 2.19 bits per heavy atom. The van der Waals surface area contributed by atoms with Crippen LogP contribution < -0.4 is 5.19 Å². The molecule has 0 aliphatic carbocycles. The van der Waals surface area contributed by atoms with Gasteiger partial charge in [-0.3, -0.25) is 0 Å². The fourth-order valence-electron chi connectivity index (χ4n) is 3.19. The highest BCUT2D eigenvalue weighted by atomic mass is 28.4. The van der Waals surface area contributed by atoms with Crippen LogP contribution >= 0.6 is 0 Å². The highest BCUT2D eigenvalue weighted by molar-refractivity contribution is 6.89. The van der Waals surface area contributed by atoms with Gasteiger partial charge in [-0.25, -0.2) is 0 Å². The van der Waals surface area contributed by atoms with Crippen molar-refractivity contribution in [3.63, 3.8) is 0 Å². The molecule has 2 heteroatoms. The van der Waals surface area contributed by atoms with Crippen LogP contribution in [0.3, 0.4) is 0 Å². The van der Waals surface area contributed by atoms with Crippen LogP contribution in [0.4, 0.5) is 0 Å². The molecule has 0 fully saturated rings. The van der Waals surface area contributed by atoms with Crippen LogP contribution in [0.1, 0.15) is 46.3 Å². The molecule has 0 radical (unpaired) electrons. The topological polar surface area (TPSA) is 9.23 Å². The maximum atomic E-state index is 6.48. The van der Waals surface area contributed by atoms with E-state index in [-0.39, 0.29) is 6.10 Å². The summed E-state index contributed by atoms with van der Waals surface area (Å²) in [6.45, 7) is 11.5. The van der Waals surface area contributed by atoms with Gasteiger partial charge >= 0.3 is 0 Å². The van der Waals surface area contributed by atoms with Gasteiger partial charge in [-0.15, -0.1) is 0 Å². The van der Waals surface area contributed by atoms with Crippen molar-refractivity contribution in [2.24, 2.45) is 0 Å². The van der Waals surface area contributed by atoms with Gasteiger partial charge < -0.3 is 4.43 Å². The van der Waals surface area contributed by atoms with E-state index in [2.05, 4.69) is 58.9 Å². The Labute approximate surface area is 100.0 Å². The van der Waals surface area contributed by atoms with Gasteiger partial charge in [0.25, 0.3) is 0 Å².